The number of nitrogens with one attached hydrogen (secondary N) is 2. The van der Waals surface area contributed by atoms with Crippen molar-refractivity contribution in [2.45, 2.75) is 52.5 Å². The van der Waals surface area contributed by atoms with Crippen molar-refractivity contribution < 1.29 is 9.15 Å². The summed E-state index contributed by atoms with van der Waals surface area (Å²) in [5.41, 5.74) is 1.00. The van der Waals surface area contributed by atoms with Gasteiger partial charge in [0.25, 0.3) is 0 Å². The van der Waals surface area contributed by atoms with E-state index in [4.69, 9.17) is 9.15 Å². The summed E-state index contributed by atoms with van der Waals surface area (Å²) < 4.78 is 11.4. The second kappa shape index (κ2) is 12.7. The lowest BCUT2D eigenvalue weighted by molar-refractivity contribution is 0.123. The Morgan fingerprint density at radius 2 is 1.93 bits per heavy atom. The van der Waals surface area contributed by atoms with Crippen LogP contribution < -0.4 is 10.6 Å². The summed E-state index contributed by atoms with van der Waals surface area (Å²) in [7, 11) is 1.84. The lowest BCUT2D eigenvalue weighted by Gasteiger charge is -2.31. The van der Waals surface area contributed by atoms with Gasteiger partial charge in [-0.2, -0.15) is 0 Å². The van der Waals surface area contributed by atoms with Crippen LogP contribution in [0.1, 0.15) is 49.4 Å². The molecule has 8 heteroatoms. The Hall–Kier alpha value is -0.870. The third-order valence-electron chi connectivity index (χ3n) is 5.73. The van der Waals surface area contributed by atoms with Gasteiger partial charge in [-0.15, -0.1) is 24.0 Å². The number of hydrogen-bond donors (Lipinski definition) is 2. The van der Waals surface area contributed by atoms with E-state index in [0.29, 0.717) is 5.92 Å². The van der Waals surface area contributed by atoms with Crippen LogP contribution in [0.5, 0.6) is 0 Å². The van der Waals surface area contributed by atoms with E-state index in [9.17, 15) is 0 Å². The van der Waals surface area contributed by atoms with Crippen LogP contribution in [0.25, 0.3) is 0 Å². The molecule has 1 saturated carbocycles. The largest absolute Gasteiger partial charge is 0.444 e. The Bertz CT molecular complexity index is 605. The van der Waals surface area contributed by atoms with Gasteiger partial charge in [0, 0.05) is 33.4 Å². The summed E-state index contributed by atoms with van der Waals surface area (Å²) in [6.45, 7) is 10.6. The average molecular weight is 519 g/mol. The minimum absolute atomic E-state index is 0. The first-order valence-electron chi connectivity index (χ1n) is 10.8. The Morgan fingerprint density at radius 3 is 2.55 bits per heavy atom. The van der Waals surface area contributed by atoms with Crippen molar-refractivity contribution in [3.8, 4) is 0 Å². The van der Waals surface area contributed by atoms with Crippen LogP contribution in [0.3, 0.4) is 0 Å². The molecule has 2 fully saturated rings. The fraction of sp³-hybridized carbons (Fsp3) is 0.810. The summed E-state index contributed by atoms with van der Waals surface area (Å²) in [6.07, 6.45) is 6.11. The molecule has 0 aromatic carbocycles. The van der Waals surface area contributed by atoms with Crippen molar-refractivity contribution in [2.75, 3.05) is 46.4 Å². The Morgan fingerprint density at radius 1 is 1.17 bits per heavy atom. The number of nitrogens with zero attached hydrogens (tertiary/aromatic N) is 3. The topological polar surface area (TPSA) is 74.9 Å². The number of ether oxygens (including phenoxy) is 1. The maximum absolute atomic E-state index is 5.72. The summed E-state index contributed by atoms with van der Waals surface area (Å²) in [5, 5.41) is 6.87. The van der Waals surface area contributed by atoms with Gasteiger partial charge in [0.15, 0.2) is 5.96 Å². The molecule has 1 aliphatic carbocycles. The fourth-order valence-corrected chi connectivity index (χ4v) is 3.52. The standard InChI is InChI=1S/C21H37N5O2.HI/c1-16-17(2)28-20(25-16)14-26-10-7-18(8-11-26)13-24-21(22-3)23-9-4-12-27-15-19-5-6-19;/h18-19H,4-15H2,1-3H3,(H2,22,23,24);1H. The van der Waals surface area contributed by atoms with Gasteiger partial charge in [0.05, 0.1) is 12.2 Å². The molecule has 2 heterocycles. The second-order valence-electron chi connectivity index (χ2n) is 8.22. The minimum atomic E-state index is 0. The van der Waals surface area contributed by atoms with Gasteiger partial charge < -0.3 is 19.8 Å². The van der Waals surface area contributed by atoms with Gasteiger partial charge in [0.1, 0.15) is 5.76 Å². The fourth-order valence-electron chi connectivity index (χ4n) is 3.52. The van der Waals surface area contributed by atoms with Gasteiger partial charge in [-0.25, -0.2) is 4.98 Å². The first kappa shape index (κ1) is 24.4. The van der Waals surface area contributed by atoms with Crippen LogP contribution >= 0.6 is 24.0 Å². The monoisotopic (exact) mass is 519 g/mol. The zero-order valence-electron chi connectivity index (χ0n) is 18.2. The average Bonchev–Trinajstić information content (AvgIpc) is 3.46. The highest BCUT2D eigenvalue weighted by Crippen LogP contribution is 2.28. The quantitative estimate of drug-likeness (QED) is 0.214. The lowest BCUT2D eigenvalue weighted by atomic mass is 9.97. The van der Waals surface area contributed by atoms with E-state index in [1.54, 1.807) is 0 Å². The van der Waals surface area contributed by atoms with Gasteiger partial charge in [-0.05, 0) is 70.9 Å². The number of aromatic nitrogens is 1. The summed E-state index contributed by atoms with van der Waals surface area (Å²) in [5.74, 6) is 4.21. The zero-order chi connectivity index (χ0) is 19.8. The molecule has 2 N–H and O–H groups in total. The maximum Gasteiger partial charge on any atom is 0.208 e. The molecule has 0 spiro atoms. The maximum atomic E-state index is 5.72. The predicted octanol–water partition coefficient (Wildman–Crippen LogP) is 3.10. The normalized spacial score (nSPS) is 18.5. The summed E-state index contributed by atoms with van der Waals surface area (Å²) in [6, 6.07) is 0. The van der Waals surface area contributed by atoms with E-state index >= 15 is 0 Å². The second-order valence-corrected chi connectivity index (χ2v) is 8.22. The van der Waals surface area contributed by atoms with Crippen LogP contribution in [0.2, 0.25) is 0 Å². The first-order chi connectivity index (χ1) is 13.6. The van der Waals surface area contributed by atoms with Crippen molar-refractivity contribution >= 4 is 29.9 Å². The van der Waals surface area contributed by atoms with Gasteiger partial charge in [-0.3, -0.25) is 9.89 Å². The van der Waals surface area contributed by atoms with Crippen molar-refractivity contribution in [1.82, 2.24) is 20.5 Å². The Balaban J connectivity index is 0.00000300. The molecule has 1 aromatic rings. The lowest BCUT2D eigenvalue weighted by Crippen LogP contribution is -2.43. The van der Waals surface area contributed by atoms with Crippen molar-refractivity contribution in [3.63, 3.8) is 0 Å². The minimum Gasteiger partial charge on any atom is -0.444 e. The molecule has 0 amide bonds. The van der Waals surface area contributed by atoms with E-state index < -0.39 is 0 Å². The van der Waals surface area contributed by atoms with Crippen molar-refractivity contribution in [3.05, 3.63) is 17.3 Å². The number of guanidine groups is 1. The molecule has 0 atom stereocenters. The number of oxazole rings is 1. The molecule has 29 heavy (non-hydrogen) atoms. The molecule has 7 nitrogen and oxygen atoms in total. The number of aryl methyl sites for hydroxylation is 2. The first-order valence-corrected chi connectivity index (χ1v) is 10.8. The van der Waals surface area contributed by atoms with Crippen LogP contribution in [-0.2, 0) is 11.3 Å². The zero-order valence-corrected chi connectivity index (χ0v) is 20.5. The highest BCUT2D eigenvalue weighted by atomic mass is 127. The molecular weight excluding hydrogens is 481 g/mol. The van der Waals surface area contributed by atoms with Crippen LogP contribution in [0.15, 0.2) is 9.41 Å². The molecule has 1 aromatic heterocycles. The van der Waals surface area contributed by atoms with E-state index in [0.717, 1.165) is 81.6 Å². The number of aliphatic imine (C=N–C) groups is 1. The molecule has 0 radical (unpaired) electrons. The van der Waals surface area contributed by atoms with E-state index in [-0.39, 0.29) is 24.0 Å². The Labute approximate surface area is 192 Å². The van der Waals surface area contributed by atoms with E-state index in [1.165, 1.54) is 25.7 Å². The molecule has 1 saturated heterocycles. The van der Waals surface area contributed by atoms with E-state index in [2.05, 4.69) is 25.5 Å². The molecular formula is C21H38IN5O2. The van der Waals surface area contributed by atoms with Crippen LogP contribution in [-0.4, -0.2) is 62.3 Å². The van der Waals surface area contributed by atoms with Gasteiger partial charge in [0.2, 0.25) is 5.89 Å². The van der Waals surface area contributed by atoms with Gasteiger partial charge in [-0.1, -0.05) is 0 Å². The van der Waals surface area contributed by atoms with Crippen molar-refractivity contribution in [1.29, 1.82) is 0 Å². The van der Waals surface area contributed by atoms with Gasteiger partial charge >= 0.3 is 0 Å². The number of halogens is 1. The third-order valence-corrected chi connectivity index (χ3v) is 5.73. The molecule has 2 aliphatic rings. The molecule has 0 bridgehead atoms. The molecule has 3 rings (SSSR count). The smallest absolute Gasteiger partial charge is 0.208 e. The SMILES string of the molecule is CN=C(NCCCOCC1CC1)NCC1CCN(Cc2nc(C)c(C)o2)CC1.I. The van der Waals surface area contributed by atoms with Crippen LogP contribution in [0, 0.1) is 25.7 Å². The number of rotatable bonds is 10. The summed E-state index contributed by atoms with van der Waals surface area (Å²) in [4.78, 5) is 11.3. The highest BCUT2D eigenvalue weighted by Gasteiger charge is 2.22. The number of likely N-dealkylation sites (tertiary alicyclic amines) is 1. The predicted molar refractivity (Wildman–Crippen MR) is 127 cm³/mol. The third kappa shape index (κ3) is 8.80. The molecule has 0 unspecified atom stereocenters. The Kier molecular flexibility index (Phi) is 10.7. The molecule has 1 aliphatic heterocycles. The van der Waals surface area contributed by atoms with Crippen molar-refractivity contribution in [2.24, 2.45) is 16.8 Å². The number of piperidine rings is 1. The summed E-state index contributed by atoms with van der Waals surface area (Å²) >= 11 is 0. The van der Waals surface area contributed by atoms with E-state index in [1.807, 2.05) is 20.9 Å². The van der Waals surface area contributed by atoms with Crippen LogP contribution in [0.4, 0.5) is 0 Å². The number of hydrogen-bond acceptors (Lipinski definition) is 5. The highest BCUT2D eigenvalue weighted by molar-refractivity contribution is 14.0. The molecule has 166 valence electrons.